The fourth-order valence-corrected chi connectivity index (χ4v) is 4.26. The van der Waals surface area contributed by atoms with Gasteiger partial charge in [0, 0.05) is 52.2 Å². The van der Waals surface area contributed by atoms with Gasteiger partial charge in [0.05, 0.1) is 12.7 Å². The molecule has 0 spiro atoms. The van der Waals surface area contributed by atoms with Crippen LogP contribution in [0.2, 0.25) is 0 Å². The highest BCUT2D eigenvalue weighted by atomic mass is 127. The Balaban J connectivity index is 0.00000280. The summed E-state index contributed by atoms with van der Waals surface area (Å²) in [5, 5.41) is 3.21. The van der Waals surface area contributed by atoms with Crippen LogP contribution in [0, 0.1) is 0 Å². The van der Waals surface area contributed by atoms with Gasteiger partial charge >= 0.3 is 0 Å². The summed E-state index contributed by atoms with van der Waals surface area (Å²) in [5.74, 6) is 0.738. The van der Waals surface area contributed by atoms with Crippen molar-refractivity contribution in [1.29, 1.82) is 0 Å². The number of nitrogens with one attached hydrogen (secondary N) is 2. The van der Waals surface area contributed by atoms with Crippen LogP contribution >= 0.6 is 24.0 Å². The minimum absolute atomic E-state index is 0. The molecule has 2 aliphatic heterocycles. The summed E-state index contributed by atoms with van der Waals surface area (Å²) in [4.78, 5) is 10.4. The van der Waals surface area contributed by atoms with Crippen molar-refractivity contribution in [2.75, 3.05) is 46.4 Å². The van der Waals surface area contributed by atoms with Crippen LogP contribution in [0.15, 0.2) is 34.4 Å². The Hall–Kier alpha value is -1.02. The van der Waals surface area contributed by atoms with E-state index in [4.69, 9.17) is 9.47 Å². The molecule has 2 fully saturated rings. The predicted molar refractivity (Wildman–Crippen MR) is 116 cm³/mol. The number of ether oxygens (including phenoxy) is 2. The van der Waals surface area contributed by atoms with E-state index in [-0.39, 0.29) is 47.6 Å². The molecule has 0 bridgehead atoms. The van der Waals surface area contributed by atoms with Crippen LogP contribution in [0.25, 0.3) is 0 Å². The Bertz CT molecular complexity index is 728. The van der Waals surface area contributed by atoms with E-state index >= 15 is 0 Å². The summed E-state index contributed by atoms with van der Waals surface area (Å²) in [6.45, 7) is 3.55. The van der Waals surface area contributed by atoms with Crippen LogP contribution in [0.5, 0.6) is 0 Å². The quantitative estimate of drug-likeness (QED) is 0.240. The van der Waals surface area contributed by atoms with Gasteiger partial charge in [-0.25, -0.2) is 13.1 Å². The van der Waals surface area contributed by atoms with Crippen LogP contribution in [-0.4, -0.2) is 82.9 Å². The number of nitrogens with zero attached hydrogens (tertiary/aromatic N) is 3. The number of sulfonamides is 1. The summed E-state index contributed by atoms with van der Waals surface area (Å²) < 4.78 is 38.5. The van der Waals surface area contributed by atoms with Gasteiger partial charge in [-0.1, -0.05) is 0 Å². The lowest BCUT2D eigenvalue weighted by Crippen LogP contribution is -2.54. The summed E-state index contributed by atoms with van der Waals surface area (Å²) in [5.41, 5.74) is 0. The Morgan fingerprint density at radius 2 is 2.14 bits per heavy atom. The summed E-state index contributed by atoms with van der Waals surface area (Å²) in [7, 11) is -1.83. The summed E-state index contributed by atoms with van der Waals surface area (Å²) in [6.07, 6.45) is 5.17. The van der Waals surface area contributed by atoms with Crippen LogP contribution in [-0.2, 0) is 19.5 Å². The molecule has 1 aromatic rings. The van der Waals surface area contributed by atoms with Gasteiger partial charge in [-0.2, -0.15) is 0 Å². The number of aromatic nitrogens is 1. The van der Waals surface area contributed by atoms with E-state index in [2.05, 4.69) is 24.9 Å². The number of hydrogen-bond donors (Lipinski definition) is 2. The largest absolute Gasteiger partial charge is 0.375 e. The van der Waals surface area contributed by atoms with E-state index in [1.807, 2.05) is 0 Å². The molecule has 0 radical (unpaired) electrons. The first kappa shape index (κ1) is 23.3. The minimum atomic E-state index is -3.55. The van der Waals surface area contributed by atoms with Crippen molar-refractivity contribution in [3.05, 3.63) is 24.5 Å². The van der Waals surface area contributed by atoms with Crippen LogP contribution < -0.4 is 10.0 Å². The number of hydrogen-bond acceptors (Lipinski definition) is 6. The van der Waals surface area contributed by atoms with Gasteiger partial charge < -0.3 is 19.7 Å². The van der Waals surface area contributed by atoms with Crippen LogP contribution in [0.3, 0.4) is 0 Å². The first-order chi connectivity index (χ1) is 13.1. The number of pyridine rings is 1. The predicted octanol–water partition coefficient (Wildman–Crippen LogP) is 0.433. The fourth-order valence-electron chi connectivity index (χ4n) is 3.27. The smallest absolute Gasteiger partial charge is 0.242 e. The Kier molecular flexibility index (Phi) is 9.34. The Labute approximate surface area is 183 Å². The van der Waals surface area contributed by atoms with Gasteiger partial charge in [0.1, 0.15) is 11.0 Å². The molecule has 0 aromatic carbocycles. The highest BCUT2D eigenvalue weighted by molar-refractivity contribution is 14.0. The molecule has 2 atom stereocenters. The second-order valence-electron chi connectivity index (χ2n) is 6.47. The van der Waals surface area contributed by atoms with Gasteiger partial charge in [-0.3, -0.25) is 9.98 Å². The first-order valence-electron chi connectivity index (χ1n) is 9.18. The fraction of sp³-hybridized carbons (Fsp3) is 0.647. The number of halogens is 1. The van der Waals surface area contributed by atoms with Crippen molar-refractivity contribution in [3.8, 4) is 0 Å². The zero-order chi connectivity index (χ0) is 19.1. The average molecular weight is 525 g/mol. The van der Waals surface area contributed by atoms with Crippen molar-refractivity contribution >= 4 is 40.0 Å². The summed E-state index contributed by atoms with van der Waals surface area (Å²) >= 11 is 0. The topological polar surface area (TPSA) is 105 Å². The monoisotopic (exact) mass is 525 g/mol. The maximum atomic E-state index is 12.2. The minimum Gasteiger partial charge on any atom is -0.375 e. The molecule has 0 saturated carbocycles. The molecule has 2 unspecified atom stereocenters. The van der Waals surface area contributed by atoms with Gasteiger partial charge in [0.2, 0.25) is 10.0 Å². The molecule has 11 heteroatoms. The molecule has 3 heterocycles. The molecule has 2 aliphatic rings. The Morgan fingerprint density at radius 1 is 1.32 bits per heavy atom. The van der Waals surface area contributed by atoms with Crippen LogP contribution in [0.4, 0.5) is 0 Å². The molecule has 0 aliphatic carbocycles. The van der Waals surface area contributed by atoms with E-state index in [0.29, 0.717) is 19.7 Å². The molecule has 3 rings (SSSR count). The number of morpholine rings is 1. The normalized spacial score (nSPS) is 23.3. The van der Waals surface area contributed by atoms with Crippen molar-refractivity contribution in [2.45, 2.75) is 29.9 Å². The third-order valence-corrected chi connectivity index (χ3v) is 6.08. The number of guanidine groups is 1. The van der Waals surface area contributed by atoms with E-state index in [1.54, 1.807) is 13.1 Å². The van der Waals surface area contributed by atoms with Gasteiger partial charge in [0.25, 0.3) is 0 Å². The lowest BCUT2D eigenvalue weighted by molar-refractivity contribution is -0.0816. The molecular weight excluding hydrogens is 497 g/mol. The first-order valence-corrected chi connectivity index (χ1v) is 10.7. The zero-order valence-electron chi connectivity index (χ0n) is 15.9. The third kappa shape index (κ3) is 6.24. The van der Waals surface area contributed by atoms with Crippen molar-refractivity contribution in [1.82, 2.24) is 19.9 Å². The molecular formula is C17H28IN5O4S. The molecule has 158 valence electrons. The molecule has 0 amide bonds. The van der Waals surface area contributed by atoms with Crippen molar-refractivity contribution in [3.63, 3.8) is 0 Å². The molecule has 1 aromatic heterocycles. The van der Waals surface area contributed by atoms with E-state index in [0.717, 1.165) is 32.0 Å². The second-order valence-corrected chi connectivity index (χ2v) is 8.23. The number of rotatable bonds is 6. The standard InChI is InChI=1S/C17H27N5O4S.HI/c1-18-17(22-9-11-26-16(13-22)15-5-3-10-25-15)20-7-8-21-27(23,24)14-4-2-6-19-12-14;/h2,4,6,12,15-16,21H,3,5,7-11,13H2,1H3,(H,18,20);1H. The highest BCUT2D eigenvalue weighted by Crippen LogP contribution is 2.20. The average Bonchev–Trinajstić information content (AvgIpc) is 3.24. The zero-order valence-corrected chi connectivity index (χ0v) is 19.1. The summed E-state index contributed by atoms with van der Waals surface area (Å²) in [6, 6.07) is 3.11. The van der Waals surface area contributed by atoms with E-state index < -0.39 is 10.0 Å². The molecule has 28 heavy (non-hydrogen) atoms. The van der Waals surface area contributed by atoms with Crippen LogP contribution in [0.1, 0.15) is 12.8 Å². The SMILES string of the molecule is CN=C(NCCNS(=O)(=O)c1cccnc1)N1CCOC(C2CCCO2)C1.I. The molecule has 2 saturated heterocycles. The van der Waals surface area contributed by atoms with Gasteiger partial charge in [0.15, 0.2) is 5.96 Å². The van der Waals surface area contributed by atoms with Gasteiger partial charge in [-0.15, -0.1) is 24.0 Å². The van der Waals surface area contributed by atoms with Crippen molar-refractivity contribution in [2.24, 2.45) is 4.99 Å². The lowest BCUT2D eigenvalue weighted by atomic mass is 10.1. The molecule has 9 nitrogen and oxygen atoms in total. The van der Waals surface area contributed by atoms with E-state index in [9.17, 15) is 8.42 Å². The maximum absolute atomic E-state index is 12.2. The number of aliphatic imine (C=N–C) groups is 1. The third-order valence-electron chi connectivity index (χ3n) is 4.63. The van der Waals surface area contributed by atoms with Gasteiger partial charge in [-0.05, 0) is 25.0 Å². The molecule has 2 N–H and O–H groups in total. The maximum Gasteiger partial charge on any atom is 0.242 e. The second kappa shape index (κ2) is 11.2. The lowest BCUT2D eigenvalue weighted by Gasteiger charge is -2.37. The van der Waals surface area contributed by atoms with E-state index in [1.165, 1.54) is 18.5 Å². The van der Waals surface area contributed by atoms with Crippen molar-refractivity contribution < 1.29 is 17.9 Å². The Morgan fingerprint density at radius 3 is 2.82 bits per heavy atom. The highest BCUT2D eigenvalue weighted by Gasteiger charge is 2.32.